The highest BCUT2D eigenvalue weighted by Gasteiger charge is 2.21. The maximum Gasteiger partial charge on any atom is 0.317 e. The van der Waals surface area contributed by atoms with Gasteiger partial charge in [-0.05, 0) is 29.9 Å². The monoisotopic (exact) mass is 426 g/mol. The number of rotatable bonds is 7. The third-order valence-corrected chi connectivity index (χ3v) is 6.83. The standard InChI is InChI=1S/C22H26N4OS2/c27-22(23-10-4-8-18-6-2-1-3-7-18)26-13-11-25(12-14-26)16-21-24-19(17-29-21)20-9-5-15-28-20/h1-3,5-7,9,15,17H,4,8,10-14,16H2,(H,23,27). The smallest absolute Gasteiger partial charge is 0.317 e. The zero-order chi connectivity index (χ0) is 19.9. The first-order valence-corrected chi connectivity index (χ1v) is 11.8. The number of aryl methyl sites for hydroxylation is 1. The number of hydrogen-bond donors (Lipinski definition) is 1. The van der Waals surface area contributed by atoms with Crippen molar-refractivity contribution >= 4 is 28.7 Å². The van der Waals surface area contributed by atoms with Crippen LogP contribution in [0.1, 0.15) is 17.0 Å². The van der Waals surface area contributed by atoms with Crippen LogP contribution in [0.2, 0.25) is 0 Å². The molecule has 2 aromatic heterocycles. The van der Waals surface area contributed by atoms with Gasteiger partial charge >= 0.3 is 6.03 Å². The van der Waals surface area contributed by atoms with Crippen molar-refractivity contribution in [1.29, 1.82) is 0 Å². The first-order chi connectivity index (χ1) is 14.3. The van der Waals surface area contributed by atoms with E-state index in [4.69, 9.17) is 4.98 Å². The maximum atomic E-state index is 12.4. The second-order valence-electron chi connectivity index (χ2n) is 7.19. The van der Waals surface area contributed by atoms with Crippen molar-refractivity contribution in [3.05, 3.63) is 63.8 Å². The molecule has 5 nitrogen and oxygen atoms in total. The predicted octanol–water partition coefficient (Wildman–Crippen LogP) is 4.33. The molecule has 1 aliphatic heterocycles. The van der Waals surface area contributed by atoms with Gasteiger partial charge in [0.15, 0.2) is 0 Å². The van der Waals surface area contributed by atoms with E-state index in [1.165, 1.54) is 10.4 Å². The van der Waals surface area contributed by atoms with E-state index in [-0.39, 0.29) is 6.03 Å². The van der Waals surface area contributed by atoms with E-state index < -0.39 is 0 Å². The lowest BCUT2D eigenvalue weighted by molar-refractivity contribution is 0.135. The van der Waals surface area contributed by atoms with Crippen molar-refractivity contribution in [2.24, 2.45) is 0 Å². The maximum absolute atomic E-state index is 12.4. The third kappa shape index (κ3) is 5.65. The number of urea groups is 1. The van der Waals surface area contributed by atoms with E-state index >= 15 is 0 Å². The number of carbonyl (C=O) groups excluding carboxylic acids is 1. The van der Waals surface area contributed by atoms with E-state index in [0.717, 1.165) is 62.8 Å². The lowest BCUT2D eigenvalue weighted by Crippen LogP contribution is -2.51. The number of amides is 2. The highest BCUT2D eigenvalue weighted by molar-refractivity contribution is 7.14. The summed E-state index contributed by atoms with van der Waals surface area (Å²) < 4.78 is 0. The molecule has 152 valence electrons. The summed E-state index contributed by atoms with van der Waals surface area (Å²) >= 11 is 3.45. The van der Waals surface area contributed by atoms with Gasteiger partial charge in [0.25, 0.3) is 0 Å². The average Bonchev–Trinajstić information content (AvgIpc) is 3.44. The molecule has 0 atom stereocenters. The van der Waals surface area contributed by atoms with Gasteiger partial charge in [-0.2, -0.15) is 0 Å². The van der Waals surface area contributed by atoms with Crippen LogP contribution in [0.3, 0.4) is 0 Å². The average molecular weight is 427 g/mol. The highest BCUT2D eigenvalue weighted by Crippen LogP contribution is 2.26. The van der Waals surface area contributed by atoms with Crippen LogP contribution >= 0.6 is 22.7 Å². The molecule has 4 rings (SSSR count). The Morgan fingerprint density at radius 3 is 2.62 bits per heavy atom. The van der Waals surface area contributed by atoms with Crippen LogP contribution < -0.4 is 5.32 Å². The highest BCUT2D eigenvalue weighted by atomic mass is 32.1. The summed E-state index contributed by atoms with van der Waals surface area (Å²) in [6.07, 6.45) is 1.96. The molecular formula is C22H26N4OS2. The number of piperazine rings is 1. The van der Waals surface area contributed by atoms with E-state index in [9.17, 15) is 4.79 Å². The lowest BCUT2D eigenvalue weighted by Gasteiger charge is -2.34. The van der Waals surface area contributed by atoms with E-state index in [0.29, 0.717) is 0 Å². The molecule has 1 fully saturated rings. The molecule has 2 amide bonds. The van der Waals surface area contributed by atoms with Gasteiger partial charge in [0.2, 0.25) is 0 Å². The molecule has 0 saturated carbocycles. The Hall–Kier alpha value is -2.22. The first kappa shape index (κ1) is 20.1. The van der Waals surface area contributed by atoms with Crippen molar-refractivity contribution in [2.45, 2.75) is 19.4 Å². The summed E-state index contributed by atoms with van der Waals surface area (Å²) in [6, 6.07) is 14.6. The number of thiazole rings is 1. The van der Waals surface area contributed by atoms with Crippen LogP contribution in [-0.2, 0) is 13.0 Å². The van der Waals surface area contributed by atoms with Gasteiger partial charge in [-0.15, -0.1) is 22.7 Å². The summed E-state index contributed by atoms with van der Waals surface area (Å²) in [5, 5.41) is 8.43. The number of hydrogen-bond acceptors (Lipinski definition) is 5. The van der Waals surface area contributed by atoms with Gasteiger partial charge in [-0.3, -0.25) is 4.90 Å². The molecule has 29 heavy (non-hydrogen) atoms. The van der Waals surface area contributed by atoms with E-state index in [2.05, 4.69) is 57.4 Å². The first-order valence-electron chi connectivity index (χ1n) is 10.1. The lowest BCUT2D eigenvalue weighted by atomic mass is 10.1. The fourth-order valence-electron chi connectivity index (χ4n) is 3.47. The molecule has 1 aliphatic rings. The summed E-state index contributed by atoms with van der Waals surface area (Å²) in [5.41, 5.74) is 2.40. The Kier molecular flexibility index (Phi) is 6.92. The Bertz CT molecular complexity index is 887. The quantitative estimate of drug-likeness (QED) is 0.572. The number of benzene rings is 1. The van der Waals surface area contributed by atoms with Crippen LogP contribution in [0.4, 0.5) is 4.79 Å². The van der Waals surface area contributed by atoms with Gasteiger partial charge in [0, 0.05) is 38.1 Å². The largest absolute Gasteiger partial charge is 0.338 e. The minimum atomic E-state index is 0.0620. The molecule has 0 aliphatic carbocycles. The summed E-state index contributed by atoms with van der Waals surface area (Å²) in [6.45, 7) is 4.92. The van der Waals surface area contributed by atoms with Crippen molar-refractivity contribution in [3.63, 3.8) is 0 Å². The van der Waals surface area contributed by atoms with Crippen LogP contribution in [0, 0.1) is 0 Å². The molecule has 7 heteroatoms. The Morgan fingerprint density at radius 2 is 1.86 bits per heavy atom. The molecular weight excluding hydrogens is 400 g/mol. The van der Waals surface area contributed by atoms with Crippen molar-refractivity contribution < 1.29 is 4.79 Å². The number of thiophene rings is 1. The molecule has 0 unspecified atom stereocenters. The molecule has 1 saturated heterocycles. The Morgan fingerprint density at radius 1 is 1.03 bits per heavy atom. The molecule has 3 aromatic rings. The zero-order valence-corrected chi connectivity index (χ0v) is 18.1. The summed E-state index contributed by atoms with van der Waals surface area (Å²) in [7, 11) is 0. The Labute approximate surface area is 180 Å². The predicted molar refractivity (Wildman–Crippen MR) is 120 cm³/mol. The molecule has 0 bridgehead atoms. The van der Waals surface area contributed by atoms with Crippen LogP contribution in [0.5, 0.6) is 0 Å². The third-order valence-electron chi connectivity index (χ3n) is 5.11. The summed E-state index contributed by atoms with van der Waals surface area (Å²) in [5.74, 6) is 0. The molecule has 3 heterocycles. The minimum Gasteiger partial charge on any atom is -0.338 e. The van der Waals surface area contributed by atoms with Crippen LogP contribution in [-0.4, -0.2) is 53.5 Å². The van der Waals surface area contributed by atoms with E-state index in [1.54, 1.807) is 22.7 Å². The number of carbonyl (C=O) groups is 1. The van der Waals surface area contributed by atoms with Crippen molar-refractivity contribution in [2.75, 3.05) is 32.7 Å². The zero-order valence-electron chi connectivity index (χ0n) is 16.4. The number of nitrogens with one attached hydrogen (secondary N) is 1. The van der Waals surface area contributed by atoms with Crippen molar-refractivity contribution in [1.82, 2.24) is 20.1 Å². The van der Waals surface area contributed by atoms with Gasteiger partial charge in [-0.1, -0.05) is 36.4 Å². The van der Waals surface area contributed by atoms with Gasteiger partial charge in [-0.25, -0.2) is 9.78 Å². The second kappa shape index (κ2) is 10.0. The fraction of sp³-hybridized carbons (Fsp3) is 0.364. The molecule has 0 spiro atoms. The molecule has 0 radical (unpaired) electrons. The fourth-order valence-corrected chi connectivity index (χ4v) is 5.06. The normalized spacial score (nSPS) is 14.8. The van der Waals surface area contributed by atoms with Gasteiger partial charge in [0.1, 0.15) is 5.01 Å². The summed E-state index contributed by atoms with van der Waals surface area (Å²) in [4.78, 5) is 22.7. The van der Waals surface area contributed by atoms with Crippen LogP contribution in [0.25, 0.3) is 10.6 Å². The van der Waals surface area contributed by atoms with E-state index in [1.807, 2.05) is 11.0 Å². The number of aromatic nitrogens is 1. The topological polar surface area (TPSA) is 48.5 Å². The van der Waals surface area contributed by atoms with Crippen molar-refractivity contribution in [3.8, 4) is 10.6 Å². The minimum absolute atomic E-state index is 0.0620. The SMILES string of the molecule is O=C(NCCCc1ccccc1)N1CCN(Cc2nc(-c3cccs3)cs2)CC1. The van der Waals surface area contributed by atoms with Gasteiger partial charge in [0.05, 0.1) is 17.1 Å². The Balaban J connectivity index is 1.16. The van der Waals surface area contributed by atoms with Crippen LogP contribution in [0.15, 0.2) is 53.2 Å². The molecule has 1 aromatic carbocycles. The molecule has 1 N–H and O–H groups in total. The second-order valence-corrected chi connectivity index (χ2v) is 9.08. The van der Waals surface area contributed by atoms with Gasteiger partial charge < -0.3 is 10.2 Å². The number of nitrogens with zero attached hydrogens (tertiary/aromatic N) is 3.